The molecule has 180 valence electrons. The number of nitrogens with zero attached hydrogens (tertiary/aromatic N) is 2. The zero-order valence-electron chi connectivity index (χ0n) is 20.1. The van der Waals surface area contributed by atoms with Gasteiger partial charge in [0.25, 0.3) is 0 Å². The van der Waals surface area contributed by atoms with Crippen LogP contribution in [0.2, 0.25) is 5.02 Å². The third-order valence-corrected chi connectivity index (χ3v) is 6.19. The molecule has 1 fully saturated rings. The van der Waals surface area contributed by atoms with E-state index in [2.05, 4.69) is 31.1 Å². The Morgan fingerprint density at radius 1 is 1.12 bits per heavy atom. The van der Waals surface area contributed by atoms with Gasteiger partial charge in [-0.1, -0.05) is 43.6 Å². The highest BCUT2D eigenvalue weighted by molar-refractivity contribution is 6.31. The number of hydrogen-bond donors (Lipinski definition) is 1. The van der Waals surface area contributed by atoms with Crippen LogP contribution in [0.1, 0.15) is 37.8 Å². The highest BCUT2D eigenvalue weighted by atomic mass is 35.5. The van der Waals surface area contributed by atoms with Crippen LogP contribution >= 0.6 is 11.6 Å². The Hall–Kier alpha value is -2.44. The first kappa shape index (κ1) is 25.2. The summed E-state index contributed by atoms with van der Waals surface area (Å²) in [5.41, 5.74) is 1.92. The quantitative estimate of drug-likeness (QED) is 0.544. The van der Waals surface area contributed by atoms with Crippen molar-refractivity contribution in [3.8, 4) is 11.5 Å². The van der Waals surface area contributed by atoms with Gasteiger partial charge in [0.2, 0.25) is 0 Å². The number of methoxy groups -OCH3 is 1. The van der Waals surface area contributed by atoms with Crippen LogP contribution in [-0.2, 0) is 13.1 Å². The number of amides is 2. The maximum atomic E-state index is 13.3. The third kappa shape index (κ3) is 7.83. The highest BCUT2D eigenvalue weighted by Crippen LogP contribution is 2.25. The maximum Gasteiger partial charge on any atom is 0.318 e. The SMILES string of the molecule is COc1ccc(CN(Cc2ccc(OCC(C)C)cc2)C(=O)NC2CCN(C)CC2)c(Cl)c1. The summed E-state index contributed by atoms with van der Waals surface area (Å²) in [5.74, 6) is 2.01. The normalized spacial score (nSPS) is 14.8. The number of benzene rings is 2. The van der Waals surface area contributed by atoms with Gasteiger partial charge in [-0.25, -0.2) is 4.79 Å². The average molecular weight is 474 g/mol. The predicted octanol–water partition coefficient (Wildman–Crippen LogP) is 5.19. The van der Waals surface area contributed by atoms with E-state index in [4.69, 9.17) is 21.1 Å². The van der Waals surface area contributed by atoms with E-state index >= 15 is 0 Å². The summed E-state index contributed by atoms with van der Waals surface area (Å²) in [4.78, 5) is 17.4. The van der Waals surface area contributed by atoms with Gasteiger partial charge in [-0.15, -0.1) is 0 Å². The fourth-order valence-corrected chi connectivity index (χ4v) is 4.01. The van der Waals surface area contributed by atoms with Gasteiger partial charge in [-0.05, 0) is 74.3 Å². The molecule has 0 atom stereocenters. The van der Waals surface area contributed by atoms with Crippen LogP contribution in [0.3, 0.4) is 0 Å². The molecule has 1 aliphatic rings. The summed E-state index contributed by atoms with van der Waals surface area (Å²) in [6.45, 7) is 7.80. The van der Waals surface area contributed by atoms with Gasteiger partial charge >= 0.3 is 6.03 Å². The molecular formula is C26H36ClN3O3. The Morgan fingerprint density at radius 2 is 1.79 bits per heavy atom. The number of carbonyl (C=O) groups is 1. The summed E-state index contributed by atoms with van der Waals surface area (Å²) in [5, 5.41) is 3.82. The lowest BCUT2D eigenvalue weighted by molar-refractivity contribution is 0.176. The van der Waals surface area contributed by atoms with E-state index in [1.807, 2.05) is 41.3 Å². The molecule has 2 amide bonds. The maximum absolute atomic E-state index is 13.3. The van der Waals surface area contributed by atoms with Crippen LogP contribution in [-0.4, -0.2) is 55.7 Å². The Kier molecular flexibility index (Phi) is 9.27. The van der Waals surface area contributed by atoms with Crippen LogP contribution in [0.5, 0.6) is 11.5 Å². The van der Waals surface area contributed by atoms with Crippen molar-refractivity contribution in [2.45, 2.75) is 45.8 Å². The molecule has 33 heavy (non-hydrogen) atoms. The molecular weight excluding hydrogens is 438 g/mol. The van der Waals surface area contributed by atoms with Crippen molar-refractivity contribution in [2.75, 3.05) is 33.9 Å². The number of rotatable bonds is 9. The second-order valence-electron chi connectivity index (χ2n) is 9.19. The molecule has 0 aliphatic carbocycles. The van der Waals surface area contributed by atoms with Crippen LogP contribution in [0.25, 0.3) is 0 Å². The van der Waals surface area contributed by atoms with Gasteiger partial charge in [0, 0.05) is 24.2 Å². The lowest BCUT2D eigenvalue weighted by Gasteiger charge is -2.32. The number of urea groups is 1. The molecule has 1 aliphatic heterocycles. The van der Waals surface area contributed by atoms with Crippen molar-refractivity contribution in [3.63, 3.8) is 0 Å². The topological polar surface area (TPSA) is 54.0 Å². The smallest absolute Gasteiger partial charge is 0.318 e. The van der Waals surface area contributed by atoms with Crippen LogP contribution in [0.15, 0.2) is 42.5 Å². The number of likely N-dealkylation sites (tertiary alicyclic amines) is 1. The molecule has 7 heteroatoms. The molecule has 0 bridgehead atoms. The number of halogens is 1. The van der Waals surface area contributed by atoms with Gasteiger partial charge < -0.3 is 24.6 Å². The second-order valence-corrected chi connectivity index (χ2v) is 9.60. The molecule has 3 rings (SSSR count). The Labute approximate surface area is 202 Å². The van der Waals surface area contributed by atoms with Gasteiger partial charge in [-0.2, -0.15) is 0 Å². The van der Waals surface area contributed by atoms with Crippen molar-refractivity contribution in [3.05, 3.63) is 58.6 Å². The van der Waals surface area contributed by atoms with Crippen LogP contribution in [0, 0.1) is 5.92 Å². The molecule has 1 saturated heterocycles. The largest absolute Gasteiger partial charge is 0.497 e. The zero-order valence-corrected chi connectivity index (χ0v) is 20.9. The molecule has 0 aromatic heterocycles. The molecule has 2 aromatic rings. The Bertz CT molecular complexity index is 896. The molecule has 2 aromatic carbocycles. The number of nitrogens with one attached hydrogen (secondary N) is 1. The fraction of sp³-hybridized carbons (Fsp3) is 0.500. The van der Waals surface area contributed by atoms with E-state index in [0.29, 0.717) is 36.4 Å². The van der Waals surface area contributed by atoms with Crippen LogP contribution in [0.4, 0.5) is 4.79 Å². The molecule has 0 spiro atoms. The Morgan fingerprint density at radius 3 is 2.39 bits per heavy atom. The van der Waals surface area contributed by atoms with Crippen molar-refractivity contribution < 1.29 is 14.3 Å². The van der Waals surface area contributed by atoms with Gasteiger partial charge in [-0.3, -0.25) is 0 Å². The van der Waals surface area contributed by atoms with Gasteiger partial charge in [0.15, 0.2) is 0 Å². The summed E-state index contributed by atoms with van der Waals surface area (Å²) in [6, 6.07) is 13.6. The minimum Gasteiger partial charge on any atom is -0.497 e. The number of hydrogen-bond acceptors (Lipinski definition) is 4. The molecule has 1 N–H and O–H groups in total. The second kappa shape index (κ2) is 12.1. The van der Waals surface area contributed by atoms with Crippen molar-refractivity contribution in [1.29, 1.82) is 0 Å². The predicted molar refractivity (Wildman–Crippen MR) is 133 cm³/mol. The Balaban J connectivity index is 1.72. The van der Waals surface area contributed by atoms with E-state index in [9.17, 15) is 4.79 Å². The minimum absolute atomic E-state index is 0.0726. The van der Waals surface area contributed by atoms with Gasteiger partial charge in [0.1, 0.15) is 11.5 Å². The van der Waals surface area contributed by atoms with Crippen molar-refractivity contribution >= 4 is 17.6 Å². The van der Waals surface area contributed by atoms with E-state index < -0.39 is 0 Å². The molecule has 1 heterocycles. The highest BCUT2D eigenvalue weighted by Gasteiger charge is 2.22. The molecule has 0 unspecified atom stereocenters. The minimum atomic E-state index is -0.0726. The average Bonchev–Trinajstić information content (AvgIpc) is 2.80. The molecule has 6 nitrogen and oxygen atoms in total. The summed E-state index contributed by atoms with van der Waals surface area (Å²) in [6.07, 6.45) is 1.92. The van der Waals surface area contributed by atoms with E-state index in [1.54, 1.807) is 13.2 Å². The zero-order chi connectivity index (χ0) is 23.8. The summed E-state index contributed by atoms with van der Waals surface area (Å²) in [7, 11) is 3.73. The monoisotopic (exact) mass is 473 g/mol. The van der Waals surface area contributed by atoms with Crippen molar-refractivity contribution in [2.24, 2.45) is 5.92 Å². The summed E-state index contributed by atoms with van der Waals surface area (Å²) >= 11 is 6.49. The number of carbonyl (C=O) groups excluding carboxylic acids is 1. The molecule has 0 saturated carbocycles. The molecule has 0 radical (unpaired) electrons. The van der Waals surface area contributed by atoms with E-state index in [-0.39, 0.29) is 12.1 Å². The van der Waals surface area contributed by atoms with Crippen molar-refractivity contribution in [1.82, 2.24) is 15.1 Å². The lowest BCUT2D eigenvalue weighted by atomic mass is 10.1. The number of ether oxygens (including phenoxy) is 2. The standard InChI is InChI=1S/C26H36ClN3O3/c1-19(2)18-33-23-8-5-20(6-9-23)16-30(17-21-7-10-24(32-4)15-25(21)27)26(31)28-22-11-13-29(3)14-12-22/h5-10,15,19,22H,11-14,16-18H2,1-4H3,(H,28,31). The van der Waals surface area contributed by atoms with E-state index in [1.165, 1.54) is 0 Å². The first-order valence-electron chi connectivity index (χ1n) is 11.6. The lowest BCUT2D eigenvalue weighted by Crippen LogP contribution is -2.48. The first-order valence-corrected chi connectivity index (χ1v) is 12.0. The summed E-state index contributed by atoms with van der Waals surface area (Å²) < 4.78 is 11.1. The first-order chi connectivity index (χ1) is 15.8. The fourth-order valence-electron chi connectivity index (χ4n) is 3.78. The van der Waals surface area contributed by atoms with Gasteiger partial charge in [0.05, 0.1) is 13.7 Å². The van der Waals surface area contributed by atoms with Crippen LogP contribution < -0.4 is 14.8 Å². The van der Waals surface area contributed by atoms with E-state index in [0.717, 1.165) is 42.8 Å². The number of piperidine rings is 1. The third-order valence-electron chi connectivity index (χ3n) is 5.83.